The fourth-order valence-electron chi connectivity index (χ4n) is 2.37. The molecule has 2 N–H and O–H groups in total. The van der Waals surface area contributed by atoms with Crippen molar-refractivity contribution in [2.45, 2.75) is 33.0 Å². The van der Waals surface area contributed by atoms with Crippen LogP contribution >= 0.6 is 0 Å². The van der Waals surface area contributed by atoms with Crippen LogP contribution in [0.15, 0.2) is 48.7 Å². The summed E-state index contributed by atoms with van der Waals surface area (Å²) in [6.07, 6.45) is 3.01. The minimum atomic E-state index is 0.500. The van der Waals surface area contributed by atoms with Gasteiger partial charge in [-0.05, 0) is 36.2 Å². The standard InChI is InChI=1S/C17H23N3/c1-2-10-20(13-15-6-4-3-5-7-15)14-16-8-9-19-17(11-16)12-18/h3-9,11H,2,10,12-14,18H2,1H3. The molecule has 1 aromatic heterocycles. The zero-order valence-corrected chi connectivity index (χ0v) is 12.1. The minimum Gasteiger partial charge on any atom is -0.325 e. The van der Waals surface area contributed by atoms with Crippen molar-refractivity contribution in [1.29, 1.82) is 0 Å². The van der Waals surface area contributed by atoms with Gasteiger partial charge in [-0.1, -0.05) is 37.3 Å². The molecule has 2 rings (SSSR count). The third-order valence-electron chi connectivity index (χ3n) is 3.29. The van der Waals surface area contributed by atoms with Gasteiger partial charge in [0.05, 0.1) is 5.69 Å². The summed E-state index contributed by atoms with van der Waals surface area (Å²) in [5.41, 5.74) is 9.25. The highest BCUT2D eigenvalue weighted by molar-refractivity contribution is 5.18. The van der Waals surface area contributed by atoms with Gasteiger partial charge in [-0.15, -0.1) is 0 Å². The van der Waals surface area contributed by atoms with Crippen molar-refractivity contribution in [2.24, 2.45) is 5.73 Å². The van der Waals surface area contributed by atoms with E-state index >= 15 is 0 Å². The molecule has 0 aliphatic rings. The zero-order valence-electron chi connectivity index (χ0n) is 12.1. The van der Waals surface area contributed by atoms with Crippen LogP contribution in [0.3, 0.4) is 0 Å². The van der Waals surface area contributed by atoms with E-state index in [1.165, 1.54) is 11.1 Å². The van der Waals surface area contributed by atoms with Crippen LogP contribution in [0.25, 0.3) is 0 Å². The lowest BCUT2D eigenvalue weighted by Gasteiger charge is -2.22. The molecule has 1 heterocycles. The molecule has 0 atom stereocenters. The van der Waals surface area contributed by atoms with Gasteiger partial charge in [0.2, 0.25) is 0 Å². The van der Waals surface area contributed by atoms with E-state index in [1.54, 1.807) is 0 Å². The average Bonchev–Trinajstić information content (AvgIpc) is 2.49. The zero-order chi connectivity index (χ0) is 14.2. The van der Waals surface area contributed by atoms with Gasteiger partial charge in [-0.2, -0.15) is 0 Å². The van der Waals surface area contributed by atoms with E-state index in [0.29, 0.717) is 6.54 Å². The topological polar surface area (TPSA) is 42.2 Å². The lowest BCUT2D eigenvalue weighted by molar-refractivity contribution is 0.257. The number of nitrogens with two attached hydrogens (primary N) is 1. The van der Waals surface area contributed by atoms with Gasteiger partial charge in [-0.25, -0.2) is 0 Å². The molecule has 0 unspecified atom stereocenters. The Hall–Kier alpha value is -1.71. The molecule has 0 saturated heterocycles. The summed E-state index contributed by atoms with van der Waals surface area (Å²) < 4.78 is 0. The molecule has 0 saturated carbocycles. The largest absolute Gasteiger partial charge is 0.325 e. The third-order valence-corrected chi connectivity index (χ3v) is 3.29. The smallest absolute Gasteiger partial charge is 0.0542 e. The van der Waals surface area contributed by atoms with E-state index in [-0.39, 0.29) is 0 Å². The number of aromatic nitrogens is 1. The first kappa shape index (κ1) is 14.7. The molecular weight excluding hydrogens is 246 g/mol. The van der Waals surface area contributed by atoms with E-state index in [1.807, 2.05) is 6.20 Å². The van der Waals surface area contributed by atoms with Crippen molar-refractivity contribution in [2.75, 3.05) is 6.54 Å². The van der Waals surface area contributed by atoms with Crippen molar-refractivity contribution < 1.29 is 0 Å². The number of nitrogens with zero attached hydrogens (tertiary/aromatic N) is 2. The Labute approximate surface area is 121 Å². The van der Waals surface area contributed by atoms with Crippen LogP contribution in [-0.4, -0.2) is 16.4 Å². The lowest BCUT2D eigenvalue weighted by atomic mass is 10.1. The second-order valence-electron chi connectivity index (χ2n) is 5.06. The predicted octanol–water partition coefficient (Wildman–Crippen LogP) is 2.95. The van der Waals surface area contributed by atoms with Crippen LogP contribution < -0.4 is 5.73 Å². The highest BCUT2D eigenvalue weighted by Gasteiger charge is 2.06. The number of hydrogen-bond donors (Lipinski definition) is 1. The van der Waals surface area contributed by atoms with Crippen molar-refractivity contribution in [3.05, 3.63) is 65.5 Å². The number of hydrogen-bond acceptors (Lipinski definition) is 3. The summed E-state index contributed by atoms with van der Waals surface area (Å²) >= 11 is 0. The second kappa shape index (κ2) is 7.78. The first-order chi connectivity index (χ1) is 9.81. The van der Waals surface area contributed by atoms with Crippen LogP contribution in [0, 0.1) is 0 Å². The first-order valence-corrected chi connectivity index (χ1v) is 7.22. The second-order valence-corrected chi connectivity index (χ2v) is 5.06. The monoisotopic (exact) mass is 269 g/mol. The highest BCUT2D eigenvalue weighted by Crippen LogP contribution is 2.11. The molecule has 0 amide bonds. The molecule has 1 aromatic carbocycles. The average molecular weight is 269 g/mol. The summed E-state index contributed by atoms with van der Waals surface area (Å²) in [4.78, 5) is 6.71. The molecule has 0 aliphatic heterocycles. The maximum atomic E-state index is 5.66. The molecule has 3 nitrogen and oxygen atoms in total. The van der Waals surface area contributed by atoms with Crippen LogP contribution in [0.5, 0.6) is 0 Å². The van der Waals surface area contributed by atoms with E-state index in [4.69, 9.17) is 5.73 Å². The summed E-state index contributed by atoms with van der Waals surface area (Å²) in [6.45, 7) is 5.73. The van der Waals surface area contributed by atoms with Crippen molar-refractivity contribution in [3.8, 4) is 0 Å². The maximum Gasteiger partial charge on any atom is 0.0542 e. The van der Waals surface area contributed by atoms with Crippen molar-refractivity contribution >= 4 is 0 Å². The molecule has 0 radical (unpaired) electrons. The Bertz CT molecular complexity index is 511. The third kappa shape index (κ3) is 4.44. The van der Waals surface area contributed by atoms with Crippen LogP contribution in [0.2, 0.25) is 0 Å². The molecule has 0 aliphatic carbocycles. The van der Waals surface area contributed by atoms with Gasteiger partial charge in [0.15, 0.2) is 0 Å². The summed E-state index contributed by atoms with van der Waals surface area (Å²) in [7, 11) is 0. The van der Waals surface area contributed by atoms with Gasteiger partial charge < -0.3 is 5.73 Å². The van der Waals surface area contributed by atoms with Crippen LogP contribution in [0.1, 0.15) is 30.2 Å². The Morgan fingerprint density at radius 2 is 1.80 bits per heavy atom. The fraction of sp³-hybridized carbons (Fsp3) is 0.353. The molecular formula is C17H23N3. The molecule has 106 valence electrons. The summed E-state index contributed by atoms with van der Waals surface area (Å²) in [5.74, 6) is 0. The molecule has 3 heteroatoms. The number of pyridine rings is 1. The number of benzene rings is 1. The van der Waals surface area contributed by atoms with Gasteiger partial charge >= 0.3 is 0 Å². The van der Waals surface area contributed by atoms with E-state index in [0.717, 1.165) is 31.7 Å². The normalized spacial score (nSPS) is 10.9. The van der Waals surface area contributed by atoms with Gasteiger partial charge in [0, 0.05) is 25.8 Å². The molecule has 0 spiro atoms. The van der Waals surface area contributed by atoms with Gasteiger partial charge in [0.1, 0.15) is 0 Å². The van der Waals surface area contributed by atoms with Crippen LogP contribution in [-0.2, 0) is 19.6 Å². The maximum absolute atomic E-state index is 5.66. The van der Waals surface area contributed by atoms with Gasteiger partial charge in [-0.3, -0.25) is 9.88 Å². The minimum absolute atomic E-state index is 0.500. The SMILES string of the molecule is CCCN(Cc1ccccc1)Cc1ccnc(CN)c1. The molecule has 2 aromatic rings. The Morgan fingerprint density at radius 1 is 1.05 bits per heavy atom. The van der Waals surface area contributed by atoms with Crippen molar-refractivity contribution in [1.82, 2.24) is 9.88 Å². The lowest BCUT2D eigenvalue weighted by Crippen LogP contribution is -2.23. The first-order valence-electron chi connectivity index (χ1n) is 7.22. The Kier molecular flexibility index (Phi) is 5.71. The Balaban J connectivity index is 2.04. The molecule has 0 fully saturated rings. The quantitative estimate of drug-likeness (QED) is 0.840. The predicted molar refractivity (Wildman–Crippen MR) is 83.0 cm³/mol. The van der Waals surface area contributed by atoms with E-state index in [2.05, 4.69) is 59.3 Å². The van der Waals surface area contributed by atoms with E-state index < -0.39 is 0 Å². The molecule has 0 bridgehead atoms. The fourth-order valence-corrected chi connectivity index (χ4v) is 2.37. The number of rotatable bonds is 7. The van der Waals surface area contributed by atoms with Gasteiger partial charge in [0.25, 0.3) is 0 Å². The highest BCUT2D eigenvalue weighted by atomic mass is 15.1. The summed E-state index contributed by atoms with van der Waals surface area (Å²) in [5, 5.41) is 0. The van der Waals surface area contributed by atoms with Crippen molar-refractivity contribution in [3.63, 3.8) is 0 Å². The summed E-state index contributed by atoms with van der Waals surface area (Å²) in [6, 6.07) is 14.8. The van der Waals surface area contributed by atoms with Crippen LogP contribution in [0.4, 0.5) is 0 Å². The van der Waals surface area contributed by atoms with E-state index in [9.17, 15) is 0 Å². The Morgan fingerprint density at radius 3 is 2.50 bits per heavy atom. The molecule has 20 heavy (non-hydrogen) atoms.